The van der Waals surface area contributed by atoms with Gasteiger partial charge in [0.15, 0.2) is 0 Å². The highest BCUT2D eigenvalue weighted by Crippen LogP contribution is 2.37. The number of fused-ring (bicyclic) bond motifs is 1. The lowest BCUT2D eigenvalue weighted by Crippen LogP contribution is -2.24. The first-order chi connectivity index (χ1) is 8.88. The average molecular weight is 245 g/mol. The fourth-order valence-electron chi connectivity index (χ4n) is 3.54. The van der Waals surface area contributed by atoms with E-state index in [-0.39, 0.29) is 0 Å². The molecule has 1 heterocycles. The summed E-state index contributed by atoms with van der Waals surface area (Å²) >= 11 is 0. The van der Waals surface area contributed by atoms with E-state index in [1.165, 1.54) is 43.2 Å². The fourth-order valence-corrected chi connectivity index (χ4v) is 3.54. The first kappa shape index (κ1) is 12.0. The van der Waals surface area contributed by atoms with Crippen molar-refractivity contribution in [2.45, 2.75) is 44.6 Å². The van der Waals surface area contributed by atoms with E-state index < -0.39 is 0 Å². The second kappa shape index (κ2) is 5.31. The molecule has 3 rings (SSSR count). The zero-order valence-corrected chi connectivity index (χ0v) is 11.2. The minimum atomic E-state index is 0.528. The van der Waals surface area contributed by atoms with Crippen LogP contribution in [-0.2, 0) is 6.42 Å². The van der Waals surface area contributed by atoms with E-state index in [0.717, 1.165) is 24.7 Å². The van der Waals surface area contributed by atoms with Gasteiger partial charge >= 0.3 is 0 Å². The molecule has 0 radical (unpaired) electrons. The van der Waals surface area contributed by atoms with E-state index in [4.69, 9.17) is 4.74 Å². The Kier molecular flexibility index (Phi) is 3.55. The molecule has 0 bridgehead atoms. The SMILES string of the molecule is CNC(c1ccc2c(c1)CCCO2)C1CCCC1. The van der Waals surface area contributed by atoms with Gasteiger partial charge in [0.25, 0.3) is 0 Å². The van der Waals surface area contributed by atoms with Crippen molar-refractivity contribution in [1.82, 2.24) is 5.32 Å². The smallest absolute Gasteiger partial charge is 0.122 e. The first-order valence-corrected chi connectivity index (χ1v) is 7.31. The molecule has 1 aliphatic carbocycles. The van der Waals surface area contributed by atoms with Gasteiger partial charge in [-0.15, -0.1) is 0 Å². The topological polar surface area (TPSA) is 21.3 Å². The van der Waals surface area contributed by atoms with E-state index in [2.05, 4.69) is 30.6 Å². The number of benzene rings is 1. The molecule has 2 heteroatoms. The molecule has 1 aromatic rings. The van der Waals surface area contributed by atoms with Gasteiger partial charge in [0.2, 0.25) is 0 Å². The fraction of sp³-hybridized carbons (Fsp3) is 0.625. The summed E-state index contributed by atoms with van der Waals surface area (Å²) in [4.78, 5) is 0. The molecule has 2 aliphatic rings. The lowest BCUT2D eigenvalue weighted by molar-refractivity contribution is 0.287. The zero-order valence-electron chi connectivity index (χ0n) is 11.2. The van der Waals surface area contributed by atoms with Crippen molar-refractivity contribution < 1.29 is 4.74 Å². The Balaban J connectivity index is 1.85. The number of ether oxygens (including phenoxy) is 1. The van der Waals surface area contributed by atoms with Gasteiger partial charge in [-0.05, 0) is 55.8 Å². The second-order valence-corrected chi connectivity index (χ2v) is 5.63. The van der Waals surface area contributed by atoms with E-state index in [1.54, 1.807) is 0 Å². The molecule has 1 saturated carbocycles. The summed E-state index contributed by atoms with van der Waals surface area (Å²) in [5.41, 5.74) is 2.85. The second-order valence-electron chi connectivity index (χ2n) is 5.63. The summed E-state index contributed by atoms with van der Waals surface area (Å²) in [5, 5.41) is 3.53. The van der Waals surface area contributed by atoms with Crippen LogP contribution in [0.25, 0.3) is 0 Å². The van der Waals surface area contributed by atoms with Gasteiger partial charge in [-0.25, -0.2) is 0 Å². The van der Waals surface area contributed by atoms with Crippen LogP contribution < -0.4 is 10.1 Å². The summed E-state index contributed by atoms with van der Waals surface area (Å²) in [6.07, 6.45) is 7.88. The van der Waals surface area contributed by atoms with E-state index in [1.807, 2.05) is 0 Å². The molecular formula is C16H23NO. The maximum Gasteiger partial charge on any atom is 0.122 e. The molecular weight excluding hydrogens is 222 g/mol. The minimum absolute atomic E-state index is 0.528. The van der Waals surface area contributed by atoms with Crippen molar-refractivity contribution >= 4 is 0 Å². The Morgan fingerprint density at radius 1 is 1.22 bits per heavy atom. The molecule has 0 aromatic heterocycles. The highest BCUT2D eigenvalue weighted by molar-refractivity contribution is 5.39. The molecule has 1 N–H and O–H groups in total. The van der Waals surface area contributed by atoms with Crippen LogP contribution in [0.1, 0.15) is 49.3 Å². The van der Waals surface area contributed by atoms with E-state index in [0.29, 0.717) is 6.04 Å². The van der Waals surface area contributed by atoms with E-state index >= 15 is 0 Å². The maximum absolute atomic E-state index is 5.70. The Morgan fingerprint density at radius 2 is 2.06 bits per heavy atom. The van der Waals surface area contributed by atoms with Crippen LogP contribution in [0.2, 0.25) is 0 Å². The van der Waals surface area contributed by atoms with Gasteiger partial charge in [0.1, 0.15) is 5.75 Å². The lowest BCUT2D eigenvalue weighted by atomic mass is 9.90. The average Bonchev–Trinajstić information content (AvgIpc) is 2.93. The van der Waals surface area contributed by atoms with Crippen LogP contribution in [0.15, 0.2) is 18.2 Å². The summed E-state index contributed by atoms with van der Waals surface area (Å²) in [6, 6.07) is 7.32. The molecule has 1 fully saturated rings. The van der Waals surface area contributed by atoms with Crippen LogP contribution in [0.3, 0.4) is 0 Å². The number of hydrogen-bond donors (Lipinski definition) is 1. The van der Waals surface area contributed by atoms with Crippen molar-refractivity contribution in [1.29, 1.82) is 0 Å². The Hall–Kier alpha value is -1.02. The van der Waals surface area contributed by atoms with E-state index in [9.17, 15) is 0 Å². The molecule has 1 aliphatic heterocycles. The molecule has 18 heavy (non-hydrogen) atoms. The highest BCUT2D eigenvalue weighted by Gasteiger charge is 2.25. The van der Waals surface area contributed by atoms with Gasteiger partial charge in [-0.2, -0.15) is 0 Å². The van der Waals surface area contributed by atoms with Crippen LogP contribution in [0, 0.1) is 5.92 Å². The number of hydrogen-bond acceptors (Lipinski definition) is 2. The molecule has 2 nitrogen and oxygen atoms in total. The van der Waals surface area contributed by atoms with Crippen LogP contribution in [0.4, 0.5) is 0 Å². The Morgan fingerprint density at radius 3 is 2.83 bits per heavy atom. The predicted molar refractivity (Wildman–Crippen MR) is 74.0 cm³/mol. The lowest BCUT2D eigenvalue weighted by Gasteiger charge is -2.25. The van der Waals surface area contributed by atoms with Crippen molar-refractivity contribution in [3.05, 3.63) is 29.3 Å². The third-order valence-electron chi connectivity index (χ3n) is 4.47. The predicted octanol–water partition coefficient (Wildman–Crippen LogP) is 3.46. The van der Waals surface area contributed by atoms with Crippen molar-refractivity contribution in [2.75, 3.05) is 13.7 Å². The van der Waals surface area contributed by atoms with Crippen molar-refractivity contribution in [2.24, 2.45) is 5.92 Å². The van der Waals surface area contributed by atoms with Gasteiger partial charge < -0.3 is 10.1 Å². The largest absolute Gasteiger partial charge is 0.493 e. The van der Waals surface area contributed by atoms with Crippen molar-refractivity contribution in [3.8, 4) is 5.75 Å². The maximum atomic E-state index is 5.70. The number of aryl methyl sites for hydroxylation is 1. The van der Waals surface area contributed by atoms with Gasteiger partial charge in [0.05, 0.1) is 6.61 Å². The third-order valence-corrected chi connectivity index (χ3v) is 4.47. The van der Waals surface area contributed by atoms with Crippen molar-refractivity contribution in [3.63, 3.8) is 0 Å². The summed E-state index contributed by atoms with van der Waals surface area (Å²) in [6.45, 7) is 0.879. The standard InChI is InChI=1S/C16H23NO/c1-17-16(12-5-2-3-6-12)14-8-9-15-13(11-14)7-4-10-18-15/h8-9,11-12,16-17H,2-7,10H2,1H3. The quantitative estimate of drug-likeness (QED) is 0.880. The molecule has 98 valence electrons. The van der Waals surface area contributed by atoms with Crippen LogP contribution in [0.5, 0.6) is 5.75 Å². The van der Waals surface area contributed by atoms with Crippen LogP contribution >= 0.6 is 0 Å². The minimum Gasteiger partial charge on any atom is -0.493 e. The van der Waals surface area contributed by atoms with Crippen LogP contribution in [-0.4, -0.2) is 13.7 Å². The van der Waals surface area contributed by atoms with Gasteiger partial charge in [-0.1, -0.05) is 25.0 Å². The molecule has 0 spiro atoms. The summed E-state index contributed by atoms with van der Waals surface area (Å²) < 4.78 is 5.70. The highest BCUT2D eigenvalue weighted by atomic mass is 16.5. The Labute approximate surface area is 110 Å². The number of rotatable bonds is 3. The third kappa shape index (κ3) is 2.26. The van der Waals surface area contributed by atoms with Gasteiger partial charge in [-0.3, -0.25) is 0 Å². The summed E-state index contributed by atoms with van der Waals surface area (Å²) in [5.74, 6) is 1.92. The summed E-state index contributed by atoms with van der Waals surface area (Å²) in [7, 11) is 2.10. The normalized spacial score (nSPS) is 21.4. The Bertz CT molecular complexity index is 410. The zero-order chi connectivity index (χ0) is 12.4. The number of nitrogens with one attached hydrogen (secondary N) is 1. The molecule has 1 atom stereocenters. The van der Waals surface area contributed by atoms with Gasteiger partial charge in [0, 0.05) is 6.04 Å². The monoisotopic (exact) mass is 245 g/mol. The molecule has 1 unspecified atom stereocenters. The molecule has 0 saturated heterocycles. The first-order valence-electron chi connectivity index (χ1n) is 7.31. The molecule has 0 amide bonds. The molecule has 1 aromatic carbocycles.